The van der Waals surface area contributed by atoms with Crippen LogP contribution >= 0.6 is 0 Å². The van der Waals surface area contributed by atoms with E-state index in [1.165, 1.54) is 11.1 Å². The van der Waals surface area contributed by atoms with Gasteiger partial charge in [0.2, 0.25) is 0 Å². The van der Waals surface area contributed by atoms with Crippen molar-refractivity contribution in [2.75, 3.05) is 0 Å². The van der Waals surface area contributed by atoms with Gasteiger partial charge >= 0.3 is 0 Å². The van der Waals surface area contributed by atoms with Gasteiger partial charge in [-0.3, -0.25) is 9.59 Å². The summed E-state index contributed by atoms with van der Waals surface area (Å²) in [7, 11) is 0. The Balaban J connectivity index is 2.12. The van der Waals surface area contributed by atoms with Gasteiger partial charge in [-0.2, -0.15) is 0 Å². The first-order valence-electron chi connectivity index (χ1n) is 6.90. The highest BCUT2D eigenvalue weighted by Gasteiger charge is 2.27. The summed E-state index contributed by atoms with van der Waals surface area (Å²) in [5.41, 5.74) is 4.42. The van der Waals surface area contributed by atoms with Crippen molar-refractivity contribution in [1.82, 2.24) is 0 Å². The van der Waals surface area contributed by atoms with Crippen LogP contribution in [-0.4, -0.2) is 11.6 Å². The molecule has 18 heavy (non-hydrogen) atoms. The second kappa shape index (κ2) is 5.21. The summed E-state index contributed by atoms with van der Waals surface area (Å²) in [6, 6.07) is 0. The van der Waals surface area contributed by atoms with Crippen molar-refractivity contribution in [3.8, 4) is 0 Å². The zero-order valence-corrected chi connectivity index (χ0v) is 11.6. The molecule has 1 atom stereocenters. The molecule has 1 unspecified atom stereocenters. The summed E-state index contributed by atoms with van der Waals surface area (Å²) in [6.45, 7) is 6.04. The van der Waals surface area contributed by atoms with Crippen LogP contribution in [-0.2, 0) is 9.59 Å². The van der Waals surface area contributed by atoms with Crippen LogP contribution < -0.4 is 0 Å². The van der Waals surface area contributed by atoms with Crippen molar-refractivity contribution in [2.24, 2.45) is 5.92 Å². The van der Waals surface area contributed by atoms with Crippen LogP contribution in [0.3, 0.4) is 0 Å². The topological polar surface area (TPSA) is 34.1 Å². The third kappa shape index (κ3) is 2.63. The lowest BCUT2D eigenvalue weighted by Crippen LogP contribution is -2.21. The van der Waals surface area contributed by atoms with Gasteiger partial charge in [-0.05, 0) is 63.5 Å². The Labute approximate surface area is 109 Å². The average molecular weight is 246 g/mol. The number of ketones is 2. The molecule has 0 heterocycles. The van der Waals surface area contributed by atoms with Crippen molar-refractivity contribution in [2.45, 2.75) is 59.3 Å². The molecule has 0 aromatic carbocycles. The molecule has 0 saturated carbocycles. The Morgan fingerprint density at radius 3 is 2.28 bits per heavy atom. The normalized spacial score (nSPS) is 26.1. The molecule has 0 aromatic rings. The Kier molecular flexibility index (Phi) is 3.84. The van der Waals surface area contributed by atoms with Gasteiger partial charge in [0.05, 0.1) is 0 Å². The lowest BCUT2D eigenvalue weighted by Gasteiger charge is -2.26. The van der Waals surface area contributed by atoms with Crippen LogP contribution in [0.25, 0.3) is 0 Å². The number of hydrogen-bond donors (Lipinski definition) is 0. The minimum Gasteiger partial charge on any atom is -0.295 e. The summed E-state index contributed by atoms with van der Waals surface area (Å²) in [4.78, 5) is 23.8. The molecule has 0 amide bonds. The summed E-state index contributed by atoms with van der Waals surface area (Å²) < 4.78 is 0. The number of rotatable bonds is 2. The van der Waals surface area contributed by atoms with Crippen molar-refractivity contribution >= 4 is 11.6 Å². The molecule has 2 heteroatoms. The Morgan fingerprint density at radius 1 is 0.944 bits per heavy atom. The fraction of sp³-hybridized carbons (Fsp3) is 0.625. The SMILES string of the molecule is CC1=C(C)C(=O)CC(CC2=C(C)CCCC2=O)C1. The predicted octanol–water partition coefficient (Wildman–Crippen LogP) is 3.76. The van der Waals surface area contributed by atoms with E-state index in [-0.39, 0.29) is 5.78 Å². The van der Waals surface area contributed by atoms with E-state index in [1.54, 1.807) is 0 Å². The van der Waals surface area contributed by atoms with Crippen molar-refractivity contribution in [1.29, 1.82) is 0 Å². The number of carbonyl (C=O) groups is 2. The van der Waals surface area contributed by atoms with Gasteiger partial charge in [-0.15, -0.1) is 0 Å². The summed E-state index contributed by atoms with van der Waals surface area (Å²) in [6.07, 6.45) is 5.14. The first-order valence-corrected chi connectivity index (χ1v) is 6.90. The molecule has 2 rings (SSSR count). The van der Waals surface area contributed by atoms with Gasteiger partial charge in [0.1, 0.15) is 0 Å². The van der Waals surface area contributed by atoms with Crippen LogP contribution in [0, 0.1) is 5.92 Å². The van der Waals surface area contributed by atoms with Crippen LogP contribution in [0.4, 0.5) is 0 Å². The first-order chi connectivity index (χ1) is 8.49. The number of allylic oxidation sites excluding steroid dienone is 4. The smallest absolute Gasteiger partial charge is 0.158 e. The molecule has 0 spiro atoms. The molecule has 98 valence electrons. The monoisotopic (exact) mass is 246 g/mol. The molecule has 0 bridgehead atoms. The van der Waals surface area contributed by atoms with Gasteiger partial charge in [-0.1, -0.05) is 11.1 Å². The molecule has 2 nitrogen and oxygen atoms in total. The average Bonchev–Trinajstić information content (AvgIpc) is 2.31. The van der Waals surface area contributed by atoms with Crippen molar-refractivity contribution < 1.29 is 9.59 Å². The van der Waals surface area contributed by atoms with Crippen molar-refractivity contribution in [3.05, 3.63) is 22.3 Å². The fourth-order valence-corrected chi connectivity index (χ4v) is 3.09. The fourth-order valence-electron chi connectivity index (χ4n) is 3.09. The maximum atomic E-state index is 12.0. The maximum absolute atomic E-state index is 12.0. The molecule has 0 radical (unpaired) electrons. The van der Waals surface area contributed by atoms with Crippen LogP contribution in [0.2, 0.25) is 0 Å². The van der Waals surface area contributed by atoms with Crippen LogP contribution in [0.5, 0.6) is 0 Å². The lowest BCUT2D eigenvalue weighted by molar-refractivity contribution is -0.118. The largest absolute Gasteiger partial charge is 0.295 e. The van der Waals surface area contributed by atoms with Gasteiger partial charge < -0.3 is 0 Å². The van der Waals surface area contributed by atoms with E-state index >= 15 is 0 Å². The third-order valence-electron chi connectivity index (χ3n) is 4.43. The minimum atomic E-state index is 0.269. The molecule has 0 fully saturated rings. The molecule has 0 N–H and O–H groups in total. The number of Topliss-reactive ketones (excluding diaryl/α,β-unsaturated/α-hetero) is 2. The van der Waals surface area contributed by atoms with E-state index in [4.69, 9.17) is 0 Å². The first kappa shape index (κ1) is 13.3. The molecular formula is C16H22O2. The van der Waals surface area contributed by atoms with E-state index in [0.717, 1.165) is 36.8 Å². The Bertz CT molecular complexity index is 452. The highest BCUT2D eigenvalue weighted by atomic mass is 16.1. The second-order valence-corrected chi connectivity index (χ2v) is 5.84. The standard InChI is InChI=1S/C16H22O2/c1-10-5-4-6-15(17)14(10)8-13-7-11(2)12(3)16(18)9-13/h13H,4-9H2,1-3H3. The van der Waals surface area contributed by atoms with Crippen molar-refractivity contribution in [3.63, 3.8) is 0 Å². The molecule has 0 aliphatic heterocycles. The highest BCUT2D eigenvalue weighted by Crippen LogP contribution is 2.34. The number of carbonyl (C=O) groups excluding carboxylic acids is 2. The molecule has 2 aliphatic rings. The zero-order valence-electron chi connectivity index (χ0n) is 11.6. The Hall–Kier alpha value is -1.18. The van der Waals surface area contributed by atoms with E-state index in [0.29, 0.717) is 24.5 Å². The van der Waals surface area contributed by atoms with E-state index in [1.807, 2.05) is 13.8 Å². The van der Waals surface area contributed by atoms with E-state index in [2.05, 4.69) is 6.92 Å². The second-order valence-electron chi connectivity index (χ2n) is 5.84. The van der Waals surface area contributed by atoms with Gasteiger partial charge in [0.15, 0.2) is 11.6 Å². The van der Waals surface area contributed by atoms with Crippen LogP contribution in [0.15, 0.2) is 22.3 Å². The van der Waals surface area contributed by atoms with Crippen LogP contribution in [0.1, 0.15) is 59.3 Å². The van der Waals surface area contributed by atoms with E-state index < -0.39 is 0 Å². The van der Waals surface area contributed by atoms with E-state index in [9.17, 15) is 9.59 Å². The predicted molar refractivity (Wildman–Crippen MR) is 72.3 cm³/mol. The highest BCUT2D eigenvalue weighted by molar-refractivity contribution is 5.98. The molecular weight excluding hydrogens is 224 g/mol. The minimum absolute atomic E-state index is 0.269. The third-order valence-corrected chi connectivity index (χ3v) is 4.43. The quantitative estimate of drug-likeness (QED) is 0.743. The summed E-state index contributed by atoms with van der Waals surface area (Å²) in [5, 5.41) is 0. The molecule has 0 saturated heterocycles. The van der Waals surface area contributed by atoms with Gasteiger partial charge in [0.25, 0.3) is 0 Å². The lowest BCUT2D eigenvalue weighted by atomic mass is 9.78. The molecule has 2 aliphatic carbocycles. The number of hydrogen-bond acceptors (Lipinski definition) is 2. The maximum Gasteiger partial charge on any atom is 0.158 e. The van der Waals surface area contributed by atoms with Gasteiger partial charge in [0, 0.05) is 12.8 Å². The zero-order chi connectivity index (χ0) is 13.3. The Morgan fingerprint density at radius 2 is 1.67 bits per heavy atom. The molecule has 0 aromatic heterocycles. The van der Waals surface area contributed by atoms with Gasteiger partial charge in [-0.25, -0.2) is 0 Å². The summed E-state index contributed by atoms with van der Waals surface area (Å²) >= 11 is 0. The summed E-state index contributed by atoms with van der Waals surface area (Å²) in [5.74, 6) is 0.925.